The summed E-state index contributed by atoms with van der Waals surface area (Å²) in [6.07, 6.45) is 7.64. The average molecular weight is 276 g/mol. The summed E-state index contributed by atoms with van der Waals surface area (Å²) in [4.78, 5) is 2.47. The van der Waals surface area contributed by atoms with E-state index in [0.29, 0.717) is 6.54 Å². The Kier molecular flexibility index (Phi) is 4.25. The second-order valence-electron chi connectivity index (χ2n) is 6.35. The third-order valence-corrected chi connectivity index (χ3v) is 5.09. The molecular weight excluding hydrogens is 251 g/mol. The van der Waals surface area contributed by atoms with E-state index in [9.17, 15) is 4.39 Å². The second-order valence-corrected chi connectivity index (χ2v) is 6.35. The lowest BCUT2D eigenvalue weighted by atomic mass is 9.75. The molecule has 0 radical (unpaired) electrons. The van der Waals surface area contributed by atoms with E-state index in [2.05, 4.69) is 4.90 Å². The van der Waals surface area contributed by atoms with E-state index in [-0.39, 0.29) is 5.82 Å². The predicted octanol–water partition coefficient (Wildman–Crippen LogP) is 3.34. The number of piperidine rings is 1. The summed E-state index contributed by atoms with van der Waals surface area (Å²) < 4.78 is 13.4. The van der Waals surface area contributed by atoms with Crippen LogP contribution in [0.2, 0.25) is 0 Å². The van der Waals surface area contributed by atoms with Gasteiger partial charge in [-0.25, -0.2) is 4.39 Å². The molecule has 2 fully saturated rings. The zero-order valence-corrected chi connectivity index (χ0v) is 12.2. The minimum absolute atomic E-state index is 0.148. The summed E-state index contributed by atoms with van der Waals surface area (Å²) >= 11 is 0. The fourth-order valence-electron chi connectivity index (χ4n) is 4.04. The highest BCUT2D eigenvalue weighted by Gasteiger charge is 2.31. The van der Waals surface area contributed by atoms with E-state index in [1.54, 1.807) is 12.1 Å². The van der Waals surface area contributed by atoms with Crippen molar-refractivity contribution in [3.8, 4) is 0 Å². The third-order valence-electron chi connectivity index (χ3n) is 5.09. The van der Waals surface area contributed by atoms with Gasteiger partial charge in [0.25, 0.3) is 0 Å². The topological polar surface area (TPSA) is 29.3 Å². The largest absolute Gasteiger partial charge is 0.371 e. The van der Waals surface area contributed by atoms with Crippen LogP contribution in [-0.2, 0) is 6.42 Å². The Morgan fingerprint density at radius 2 is 1.95 bits per heavy atom. The van der Waals surface area contributed by atoms with E-state index in [1.165, 1.54) is 37.8 Å². The van der Waals surface area contributed by atoms with Crippen LogP contribution in [0.3, 0.4) is 0 Å². The number of anilines is 1. The molecule has 1 aromatic carbocycles. The Labute approximate surface area is 121 Å². The van der Waals surface area contributed by atoms with Gasteiger partial charge in [0.15, 0.2) is 0 Å². The van der Waals surface area contributed by atoms with Crippen LogP contribution in [0.25, 0.3) is 0 Å². The van der Waals surface area contributed by atoms with Crippen molar-refractivity contribution in [3.05, 3.63) is 29.6 Å². The van der Waals surface area contributed by atoms with Crippen molar-refractivity contribution in [1.82, 2.24) is 0 Å². The van der Waals surface area contributed by atoms with Crippen molar-refractivity contribution in [2.24, 2.45) is 17.6 Å². The predicted molar refractivity (Wildman–Crippen MR) is 81.4 cm³/mol. The third kappa shape index (κ3) is 2.83. The van der Waals surface area contributed by atoms with Gasteiger partial charge in [0.2, 0.25) is 0 Å². The molecule has 1 heterocycles. The lowest BCUT2D eigenvalue weighted by molar-refractivity contribution is 0.202. The van der Waals surface area contributed by atoms with E-state index >= 15 is 0 Å². The monoisotopic (exact) mass is 276 g/mol. The maximum absolute atomic E-state index is 13.4. The van der Waals surface area contributed by atoms with Gasteiger partial charge in [-0.3, -0.25) is 0 Å². The highest BCUT2D eigenvalue weighted by molar-refractivity contribution is 5.54. The number of fused-ring (bicyclic) bond motifs is 1. The molecule has 1 aliphatic carbocycles. The van der Waals surface area contributed by atoms with Crippen LogP contribution in [0, 0.1) is 17.7 Å². The van der Waals surface area contributed by atoms with Gasteiger partial charge in [-0.05, 0) is 61.4 Å². The number of nitrogens with two attached hydrogens (primary N) is 1. The highest BCUT2D eigenvalue weighted by Crippen LogP contribution is 2.38. The Bertz CT molecular complexity index is 460. The lowest BCUT2D eigenvalue weighted by Crippen LogP contribution is -2.42. The lowest BCUT2D eigenvalue weighted by Gasteiger charge is -2.43. The number of benzene rings is 1. The van der Waals surface area contributed by atoms with Gasteiger partial charge in [-0.1, -0.05) is 19.3 Å². The molecule has 0 spiro atoms. The van der Waals surface area contributed by atoms with Crippen LogP contribution in [0.4, 0.5) is 10.1 Å². The van der Waals surface area contributed by atoms with Crippen LogP contribution in [0.5, 0.6) is 0 Å². The Morgan fingerprint density at radius 3 is 2.75 bits per heavy atom. The van der Waals surface area contributed by atoms with Crippen molar-refractivity contribution in [1.29, 1.82) is 0 Å². The molecule has 2 N–H and O–H groups in total. The molecule has 1 aliphatic heterocycles. The summed E-state index contributed by atoms with van der Waals surface area (Å²) in [5, 5.41) is 0. The van der Waals surface area contributed by atoms with Gasteiger partial charge in [0.1, 0.15) is 5.82 Å². The molecule has 3 rings (SSSR count). The maximum atomic E-state index is 13.4. The summed E-state index contributed by atoms with van der Waals surface area (Å²) in [5.41, 5.74) is 7.95. The molecule has 2 nitrogen and oxygen atoms in total. The number of nitrogens with zero attached hydrogens (tertiary/aromatic N) is 1. The Balaban J connectivity index is 1.78. The minimum atomic E-state index is -0.148. The molecule has 110 valence electrons. The normalized spacial score (nSPS) is 26.4. The minimum Gasteiger partial charge on any atom is -0.371 e. The molecule has 0 aromatic heterocycles. The van der Waals surface area contributed by atoms with Gasteiger partial charge in [-0.15, -0.1) is 0 Å². The average Bonchev–Trinajstić information content (AvgIpc) is 2.47. The molecule has 1 saturated carbocycles. The number of rotatable bonds is 3. The standard InChI is InChI=1S/C17H25FN2/c18-16-5-6-17(14(11-16)7-9-19)20-10-8-13-3-1-2-4-15(13)12-20/h5-6,11,13,15H,1-4,7-10,12,19H2. The first-order chi connectivity index (χ1) is 9.78. The first-order valence-corrected chi connectivity index (χ1v) is 8.01. The molecule has 20 heavy (non-hydrogen) atoms. The molecule has 3 heteroatoms. The molecule has 1 aromatic rings. The molecule has 0 amide bonds. The molecule has 0 bridgehead atoms. The highest BCUT2D eigenvalue weighted by atomic mass is 19.1. The van der Waals surface area contributed by atoms with E-state index in [4.69, 9.17) is 5.73 Å². The molecule has 2 aliphatic rings. The van der Waals surface area contributed by atoms with Crippen LogP contribution in [-0.4, -0.2) is 19.6 Å². The molecule has 1 saturated heterocycles. The quantitative estimate of drug-likeness (QED) is 0.917. The van der Waals surface area contributed by atoms with E-state index in [0.717, 1.165) is 36.9 Å². The van der Waals surface area contributed by atoms with Crippen molar-refractivity contribution >= 4 is 5.69 Å². The number of halogens is 1. The molecule has 2 unspecified atom stereocenters. The Hall–Kier alpha value is -1.09. The van der Waals surface area contributed by atoms with Crippen LogP contribution in [0.1, 0.15) is 37.7 Å². The van der Waals surface area contributed by atoms with Crippen molar-refractivity contribution in [3.63, 3.8) is 0 Å². The van der Waals surface area contributed by atoms with E-state index < -0.39 is 0 Å². The molecule has 2 atom stereocenters. The van der Waals surface area contributed by atoms with Gasteiger partial charge in [-0.2, -0.15) is 0 Å². The van der Waals surface area contributed by atoms with E-state index in [1.807, 2.05) is 6.07 Å². The molecular formula is C17H25FN2. The SMILES string of the molecule is NCCc1cc(F)ccc1N1CCC2CCCCC2C1. The number of hydrogen-bond donors (Lipinski definition) is 1. The first kappa shape index (κ1) is 13.9. The summed E-state index contributed by atoms with van der Waals surface area (Å²) in [6, 6.07) is 5.20. The second kappa shape index (κ2) is 6.13. The van der Waals surface area contributed by atoms with Gasteiger partial charge < -0.3 is 10.6 Å². The first-order valence-electron chi connectivity index (χ1n) is 8.01. The summed E-state index contributed by atoms with van der Waals surface area (Å²) in [6.45, 7) is 2.84. The summed E-state index contributed by atoms with van der Waals surface area (Å²) in [7, 11) is 0. The maximum Gasteiger partial charge on any atom is 0.123 e. The van der Waals surface area contributed by atoms with Crippen LogP contribution >= 0.6 is 0 Å². The van der Waals surface area contributed by atoms with Crippen molar-refractivity contribution < 1.29 is 4.39 Å². The fraction of sp³-hybridized carbons (Fsp3) is 0.647. The van der Waals surface area contributed by atoms with Crippen molar-refractivity contribution in [2.75, 3.05) is 24.5 Å². The fourth-order valence-corrected chi connectivity index (χ4v) is 4.04. The van der Waals surface area contributed by atoms with Gasteiger partial charge in [0, 0.05) is 18.8 Å². The zero-order chi connectivity index (χ0) is 13.9. The smallest absolute Gasteiger partial charge is 0.123 e. The zero-order valence-electron chi connectivity index (χ0n) is 12.2. The Morgan fingerprint density at radius 1 is 1.15 bits per heavy atom. The number of hydrogen-bond acceptors (Lipinski definition) is 2. The summed E-state index contributed by atoms with van der Waals surface area (Å²) in [5.74, 6) is 1.62. The van der Waals surface area contributed by atoms with Crippen molar-refractivity contribution in [2.45, 2.75) is 38.5 Å². The van der Waals surface area contributed by atoms with Crippen LogP contribution in [0.15, 0.2) is 18.2 Å². The van der Waals surface area contributed by atoms with Gasteiger partial charge in [0.05, 0.1) is 0 Å². The van der Waals surface area contributed by atoms with Crippen LogP contribution < -0.4 is 10.6 Å². The van der Waals surface area contributed by atoms with Gasteiger partial charge >= 0.3 is 0 Å².